The Balaban J connectivity index is 1.64. The molecule has 0 aliphatic carbocycles. The topological polar surface area (TPSA) is 87.9 Å². The monoisotopic (exact) mass is 352 g/mol. The lowest BCUT2D eigenvalue weighted by molar-refractivity contribution is -0.132. The fraction of sp³-hybridized carbons (Fsp3) is 0.706. The van der Waals surface area contributed by atoms with Gasteiger partial charge in [0.1, 0.15) is 5.60 Å². The van der Waals surface area contributed by atoms with Gasteiger partial charge < -0.3 is 19.5 Å². The summed E-state index contributed by atoms with van der Waals surface area (Å²) in [6.45, 7) is 11.3. The summed E-state index contributed by atoms with van der Waals surface area (Å²) in [7, 11) is 0. The standard InChI is InChI=1S/C17H28N4O4/c1-13-11-14(25-19-13)12-20-7-9-21(10-8-20)15(22)5-6-18-16(23)24-17(2,3)4/h11H,5-10,12H2,1-4H3,(H,18,23). The van der Waals surface area contributed by atoms with Gasteiger partial charge in [0.2, 0.25) is 5.91 Å². The zero-order chi connectivity index (χ0) is 18.4. The van der Waals surface area contributed by atoms with Crippen molar-refractivity contribution in [2.45, 2.75) is 46.3 Å². The number of aromatic nitrogens is 1. The van der Waals surface area contributed by atoms with Crippen molar-refractivity contribution in [3.8, 4) is 0 Å². The summed E-state index contributed by atoms with van der Waals surface area (Å²) in [5.74, 6) is 0.894. The van der Waals surface area contributed by atoms with Crippen LogP contribution in [0.3, 0.4) is 0 Å². The van der Waals surface area contributed by atoms with E-state index < -0.39 is 11.7 Å². The first-order chi connectivity index (χ1) is 11.7. The van der Waals surface area contributed by atoms with E-state index in [1.54, 1.807) is 20.8 Å². The van der Waals surface area contributed by atoms with Crippen molar-refractivity contribution in [1.82, 2.24) is 20.3 Å². The highest BCUT2D eigenvalue weighted by Gasteiger charge is 2.22. The van der Waals surface area contributed by atoms with Gasteiger partial charge in [-0.1, -0.05) is 5.16 Å². The number of carbonyl (C=O) groups excluding carboxylic acids is 2. The number of nitrogens with zero attached hydrogens (tertiary/aromatic N) is 3. The Bertz CT molecular complexity index is 586. The van der Waals surface area contributed by atoms with Crippen molar-refractivity contribution in [1.29, 1.82) is 0 Å². The molecule has 0 bridgehead atoms. The van der Waals surface area contributed by atoms with Crippen LogP contribution in [0.4, 0.5) is 4.79 Å². The molecule has 1 aromatic heterocycles. The second-order valence-corrected chi connectivity index (χ2v) is 7.27. The minimum Gasteiger partial charge on any atom is -0.444 e. The Hall–Kier alpha value is -2.09. The van der Waals surface area contributed by atoms with Gasteiger partial charge in [0.25, 0.3) is 0 Å². The van der Waals surface area contributed by atoms with E-state index >= 15 is 0 Å². The van der Waals surface area contributed by atoms with E-state index in [9.17, 15) is 9.59 Å². The third kappa shape index (κ3) is 6.74. The summed E-state index contributed by atoms with van der Waals surface area (Å²) in [4.78, 5) is 27.8. The molecule has 8 nitrogen and oxygen atoms in total. The van der Waals surface area contributed by atoms with Crippen LogP contribution in [0.1, 0.15) is 38.6 Å². The van der Waals surface area contributed by atoms with Gasteiger partial charge in [0, 0.05) is 45.2 Å². The molecule has 2 amide bonds. The fourth-order valence-corrected chi connectivity index (χ4v) is 2.61. The van der Waals surface area contributed by atoms with Crippen LogP contribution in [0.25, 0.3) is 0 Å². The Kier molecular flexibility index (Phi) is 6.41. The average molecular weight is 352 g/mol. The molecule has 0 aromatic carbocycles. The van der Waals surface area contributed by atoms with Crippen molar-refractivity contribution < 1.29 is 18.8 Å². The van der Waals surface area contributed by atoms with Gasteiger partial charge in [-0.15, -0.1) is 0 Å². The van der Waals surface area contributed by atoms with Gasteiger partial charge >= 0.3 is 6.09 Å². The van der Waals surface area contributed by atoms with E-state index in [0.717, 1.165) is 24.5 Å². The number of ether oxygens (including phenoxy) is 1. The smallest absolute Gasteiger partial charge is 0.407 e. The number of hydrogen-bond acceptors (Lipinski definition) is 6. The maximum Gasteiger partial charge on any atom is 0.407 e. The molecule has 0 unspecified atom stereocenters. The molecule has 25 heavy (non-hydrogen) atoms. The minimum absolute atomic E-state index is 0.0474. The van der Waals surface area contributed by atoms with Crippen LogP contribution < -0.4 is 5.32 Å². The largest absolute Gasteiger partial charge is 0.444 e. The van der Waals surface area contributed by atoms with E-state index in [1.807, 2.05) is 17.9 Å². The van der Waals surface area contributed by atoms with Gasteiger partial charge in [0.05, 0.1) is 12.2 Å². The second-order valence-electron chi connectivity index (χ2n) is 7.27. The Morgan fingerprint density at radius 3 is 2.52 bits per heavy atom. The number of nitrogens with one attached hydrogen (secondary N) is 1. The van der Waals surface area contributed by atoms with Crippen LogP contribution >= 0.6 is 0 Å². The summed E-state index contributed by atoms with van der Waals surface area (Å²) in [5.41, 5.74) is 0.341. The van der Waals surface area contributed by atoms with Crippen LogP contribution in [-0.2, 0) is 16.1 Å². The van der Waals surface area contributed by atoms with E-state index in [2.05, 4.69) is 15.4 Å². The molecule has 0 spiro atoms. The van der Waals surface area contributed by atoms with Gasteiger partial charge in [0.15, 0.2) is 5.76 Å². The van der Waals surface area contributed by atoms with E-state index in [1.165, 1.54) is 0 Å². The molecule has 0 saturated carbocycles. The highest BCUT2D eigenvalue weighted by Crippen LogP contribution is 2.10. The normalized spacial score (nSPS) is 15.9. The van der Waals surface area contributed by atoms with Crippen molar-refractivity contribution in [3.05, 3.63) is 17.5 Å². The van der Waals surface area contributed by atoms with E-state index in [0.29, 0.717) is 19.6 Å². The first-order valence-corrected chi connectivity index (χ1v) is 8.62. The molecule has 1 N–H and O–H groups in total. The summed E-state index contributed by atoms with van der Waals surface area (Å²) in [5, 5.41) is 6.50. The number of hydrogen-bond donors (Lipinski definition) is 1. The predicted octanol–water partition coefficient (Wildman–Crippen LogP) is 1.54. The number of carbonyl (C=O) groups is 2. The fourth-order valence-electron chi connectivity index (χ4n) is 2.61. The Labute approximate surface area is 148 Å². The maximum absolute atomic E-state index is 12.2. The molecule has 1 fully saturated rings. The van der Waals surface area contributed by atoms with E-state index in [-0.39, 0.29) is 18.9 Å². The summed E-state index contributed by atoms with van der Waals surface area (Å²) >= 11 is 0. The lowest BCUT2D eigenvalue weighted by Gasteiger charge is -2.34. The summed E-state index contributed by atoms with van der Waals surface area (Å²) < 4.78 is 10.4. The molecule has 1 aliphatic heterocycles. The van der Waals surface area contributed by atoms with Gasteiger partial charge in [-0.05, 0) is 27.7 Å². The molecular formula is C17H28N4O4. The first kappa shape index (κ1) is 19.2. The first-order valence-electron chi connectivity index (χ1n) is 8.62. The number of alkyl carbamates (subject to hydrolysis) is 1. The third-order valence-electron chi connectivity index (χ3n) is 3.79. The van der Waals surface area contributed by atoms with Gasteiger partial charge in [-0.2, -0.15) is 0 Å². The number of amides is 2. The molecule has 140 valence electrons. The molecule has 1 aliphatic rings. The second kappa shape index (κ2) is 8.33. The molecule has 0 radical (unpaired) electrons. The summed E-state index contributed by atoms with van der Waals surface area (Å²) in [6, 6.07) is 1.93. The predicted molar refractivity (Wildman–Crippen MR) is 92.0 cm³/mol. The quantitative estimate of drug-likeness (QED) is 0.865. The van der Waals surface area contributed by atoms with Crippen LogP contribution in [-0.4, -0.2) is 65.3 Å². The third-order valence-corrected chi connectivity index (χ3v) is 3.79. The van der Waals surface area contributed by atoms with Crippen molar-refractivity contribution >= 4 is 12.0 Å². The van der Waals surface area contributed by atoms with Gasteiger partial charge in [-0.25, -0.2) is 4.79 Å². The molecular weight excluding hydrogens is 324 g/mol. The minimum atomic E-state index is -0.535. The average Bonchev–Trinajstić information content (AvgIpc) is 2.91. The number of piperazine rings is 1. The molecule has 8 heteroatoms. The van der Waals surface area contributed by atoms with Crippen molar-refractivity contribution in [2.75, 3.05) is 32.7 Å². The Morgan fingerprint density at radius 2 is 1.96 bits per heavy atom. The lowest BCUT2D eigenvalue weighted by atomic mass is 10.2. The highest BCUT2D eigenvalue weighted by molar-refractivity contribution is 5.77. The number of aryl methyl sites for hydroxylation is 1. The maximum atomic E-state index is 12.2. The molecule has 1 aromatic rings. The van der Waals surface area contributed by atoms with E-state index in [4.69, 9.17) is 9.26 Å². The molecule has 2 heterocycles. The van der Waals surface area contributed by atoms with Crippen molar-refractivity contribution in [2.24, 2.45) is 0 Å². The zero-order valence-corrected chi connectivity index (χ0v) is 15.5. The SMILES string of the molecule is Cc1cc(CN2CCN(C(=O)CCNC(=O)OC(C)(C)C)CC2)on1. The molecule has 0 atom stereocenters. The number of rotatable bonds is 5. The molecule has 2 rings (SSSR count). The van der Waals surface area contributed by atoms with Crippen LogP contribution in [0, 0.1) is 6.92 Å². The van der Waals surface area contributed by atoms with Crippen LogP contribution in [0.5, 0.6) is 0 Å². The van der Waals surface area contributed by atoms with Crippen molar-refractivity contribution in [3.63, 3.8) is 0 Å². The zero-order valence-electron chi connectivity index (χ0n) is 15.5. The highest BCUT2D eigenvalue weighted by atomic mass is 16.6. The summed E-state index contributed by atoms with van der Waals surface area (Å²) in [6.07, 6.45) is -0.215. The molecule has 1 saturated heterocycles. The lowest BCUT2D eigenvalue weighted by Crippen LogP contribution is -2.48. The van der Waals surface area contributed by atoms with Gasteiger partial charge in [-0.3, -0.25) is 9.69 Å². The van der Waals surface area contributed by atoms with Crippen LogP contribution in [0.15, 0.2) is 10.6 Å². The Morgan fingerprint density at radius 1 is 1.28 bits per heavy atom. The van der Waals surface area contributed by atoms with Crippen LogP contribution in [0.2, 0.25) is 0 Å².